The summed E-state index contributed by atoms with van der Waals surface area (Å²) in [5, 5.41) is 3.70. The number of nitrogens with zero attached hydrogens (tertiary/aromatic N) is 1. The van der Waals surface area contributed by atoms with Gasteiger partial charge in [0, 0.05) is 29.3 Å². The number of halogens is 1. The van der Waals surface area contributed by atoms with Gasteiger partial charge in [0.2, 0.25) is 11.8 Å². The van der Waals surface area contributed by atoms with Gasteiger partial charge < -0.3 is 10.2 Å². The molecule has 1 N–H and O–H groups in total. The van der Waals surface area contributed by atoms with Crippen LogP contribution in [0.15, 0.2) is 78.9 Å². The van der Waals surface area contributed by atoms with E-state index in [1.165, 1.54) is 11.1 Å². The molecular formula is C30H35ClN2O2S. The van der Waals surface area contributed by atoms with Crippen molar-refractivity contribution < 1.29 is 9.59 Å². The molecule has 0 aromatic heterocycles. The molecule has 3 aromatic rings. The standard InChI is InChI=1S/C30H35ClN2O2S/c1-22-11-8-9-15-25(22)20-36-21-28(34)33(19-24-14-10-16-26(31)17-24)27(29(35)32-30(2,3)4)18-23-12-6-5-7-13-23/h5-17,27H,18-21H2,1-4H3,(H,32,35). The molecule has 0 aliphatic heterocycles. The summed E-state index contributed by atoms with van der Waals surface area (Å²) in [4.78, 5) is 29.0. The van der Waals surface area contributed by atoms with E-state index in [0.29, 0.717) is 18.0 Å². The Kier molecular flexibility index (Phi) is 10.0. The van der Waals surface area contributed by atoms with Crippen LogP contribution in [0.1, 0.15) is 43.0 Å². The summed E-state index contributed by atoms with van der Waals surface area (Å²) in [6.07, 6.45) is 0.428. The van der Waals surface area contributed by atoms with Crippen molar-refractivity contribution in [2.24, 2.45) is 0 Å². The van der Waals surface area contributed by atoms with E-state index in [1.54, 1.807) is 16.7 Å². The Bertz CT molecular complexity index is 1160. The van der Waals surface area contributed by atoms with Crippen molar-refractivity contribution in [3.8, 4) is 0 Å². The number of nitrogens with one attached hydrogen (secondary N) is 1. The van der Waals surface area contributed by atoms with Crippen molar-refractivity contribution >= 4 is 35.2 Å². The minimum absolute atomic E-state index is 0.0708. The van der Waals surface area contributed by atoms with Crippen LogP contribution < -0.4 is 5.32 Å². The van der Waals surface area contributed by atoms with Crippen LogP contribution in [-0.2, 0) is 28.3 Å². The minimum atomic E-state index is -0.655. The van der Waals surface area contributed by atoms with E-state index < -0.39 is 11.6 Å². The van der Waals surface area contributed by atoms with E-state index in [0.717, 1.165) is 16.9 Å². The van der Waals surface area contributed by atoms with Crippen molar-refractivity contribution in [1.29, 1.82) is 0 Å². The molecule has 0 aliphatic carbocycles. The largest absolute Gasteiger partial charge is 0.350 e. The van der Waals surface area contributed by atoms with Crippen LogP contribution >= 0.6 is 23.4 Å². The zero-order valence-electron chi connectivity index (χ0n) is 21.5. The SMILES string of the molecule is Cc1ccccc1CSCC(=O)N(Cc1cccc(Cl)c1)C(Cc1ccccc1)C(=O)NC(C)(C)C. The smallest absolute Gasteiger partial charge is 0.243 e. The maximum absolute atomic E-state index is 13.7. The Morgan fingerprint density at radius 3 is 2.28 bits per heavy atom. The lowest BCUT2D eigenvalue weighted by Gasteiger charge is -2.34. The highest BCUT2D eigenvalue weighted by Gasteiger charge is 2.32. The Morgan fingerprint density at radius 2 is 1.61 bits per heavy atom. The number of carbonyl (C=O) groups is 2. The van der Waals surface area contributed by atoms with Gasteiger partial charge in [-0.1, -0.05) is 78.3 Å². The highest BCUT2D eigenvalue weighted by molar-refractivity contribution is 7.99. The van der Waals surface area contributed by atoms with Gasteiger partial charge in [0.25, 0.3) is 0 Å². The normalized spacial score (nSPS) is 12.1. The van der Waals surface area contributed by atoms with Crippen molar-refractivity contribution in [3.63, 3.8) is 0 Å². The van der Waals surface area contributed by atoms with Crippen LogP contribution in [-0.4, -0.2) is 34.0 Å². The predicted molar refractivity (Wildman–Crippen MR) is 151 cm³/mol. The average Bonchev–Trinajstić information content (AvgIpc) is 2.82. The third-order valence-electron chi connectivity index (χ3n) is 5.76. The van der Waals surface area contributed by atoms with Crippen molar-refractivity contribution in [2.45, 2.75) is 58.0 Å². The lowest BCUT2D eigenvalue weighted by molar-refractivity contribution is -0.140. The molecule has 0 aliphatic rings. The van der Waals surface area contributed by atoms with Gasteiger partial charge in [-0.25, -0.2) is 0 Å². The van der Waals surface area contributed by atoms with Gasteiger partial charge in [-0.15, -0.1) is 11.8 Å². The van der Waals surface area contributed by atoms with Crippen LogP contribution in [0.3, 0.4) is 0 Å². The van der Waals surface area contributed by atoms with E-state index in [9.17, 15) is 9.59 Å². The first-order valence-electron chi connectivity index (χ1n) is 12.1. The third-order valence-corrected chi connectivity index (χ3v) is 6.96. The fourth-order valence-electron chi connectivity index (χ4n) is 3.94. The van der Waals surface area contributed by atoms with E-state index in [2.05, 4.69) is 24.4 Å². The lowest BCUT2D eigenvalue weighted by Crippen LogP contribution is -2.54. The number of hydrogen-bond acceptors (Lipinski definition) is 3. The van der Waals surface area contributed by atoms with Gasteiger partial charge >= 0.3 is 0 Å². The van der Waals surface area contributed by atoms with Gasteiger partial charge in [0.05, 0.1) is 5.75 Å². The summed E-state index contributed by atoms with van der Waals surface area (Å²) in [6, 6.07) is 24.9. The second-order valence-electron chi connectivity index (χ2n) is 10.0. The Labute approximate surface area is 224 Å². The third kappa shape index (κ3) is 8.72. The van der Waals surface area contributed by atoms with Gasteiger partial charge in [0.15, 0.2) is 0 Å². The highest BCUT2D eigenvalue weighted by Crippen LogP contribution is 2.21. The number of rotatable bonds is 10. The molecule has 190 valence electrons. The number of benzene rings is 3. The Hall–Kier alpha value is -2.76. The zero-order valence-corrected chi connectivity index (χ0v) is 23.0. The van der Waals surface area contributed by atoms with Crippen molar-refractivity contribution in [1.82, 2.24) is 10.2 Å². The molecule has 0 fully saturated rings. The molecule has 0 radical (unpaired) electrons. The molecule has 0 saturated heterocycles. The summed E-state index contributed by atoms with van der Waals surface area (Å²) in [7, 11) is 0. The predicted octanol–water partition coefficient (Wildman–Crippen LogP) is 6.44. The molecule has 1 unspecified atom stereocenters. The molecule has 0 saturated carbocycles. The summed E-state index contributed by atoms with van der Waals surface area (Å²) < 4.78 is 0. The molecular weight excluding hydrogens is 488 g/mol. The second kappa shape index (κ2) is 13.0. The quantitative estimate of drug-likeness (QED) is 0.333. The monoisotopic (exact) mass is 522 g/mol. The first kappa shape index (κ1) is 27.8. The minimum Gasteiger partial charge on any atom is -0.350 e. The number of hydrogen-bond donors (Lipinski definition) is 1. The highest BCUT2D eigenvalue weighted by atomic mass is 35.5. The van der Waals surface area contributed by atoms with Crippen LogP contribution in [0.25, 0.3) is 0 Å². The average molecular weight is 523 g/mol. The molecule has 0 bridgehead atoms. The summed E-state index contributed by atoms with van der Waals surface area (Å²) in [5.74, 6) is 0.786. The van der Waals surface area contributed by atoms with Gasteiger partial charge in [-0.05, 0) is 62.1 Å². The topological polar surface area (TPSA) is 49.4 Å². The first-order valence-corrected chi connectivity index (χ1v) is 13.7. The number of thioether (sulfide) groups is 1. The van der Waals surface area contributed by atoms with Gasteiger partial charge in [0.1, 0.15) is 6.04 Å². The van der Waals surface area contributed by atoms with Crippen LogP contribution in [0.4, 0.5) is 0 Å². The molecule has 0 spiro atoms. The fourth-order valence-corrected chi connectivity index (χ4v) is 5.14. The molecule has 3 rings (SSSR count). The maximum Gasteiger partial charge on any atom is 0.243 e. The molecule has 6 heteroatoms. The van der Waals surface area contributed by atoms with E-state index in [4.69, 9.17) is 11.6 Å². The van der Waals surface area contributed by atoms with Crippen molar-refractivity contribution in [2.75, 3.05) is 5.75 Å². The lowest BCUT2D eigenvalue weighted by atomic mass is 10.0. The molecule has 4 nitrogen and oxygen atoms in total. The summed E-state index contributed by atoms with van der Waals surface area (Å²) in [6.45, 7) is 8.23. The first-order chi connectivity index (χ1) is 17.1. The number of aryl methyl sites for hydroxylation is 1. The Morgan fingerprint density at radius 1 is 0.944 bits per heavy atom. The second-order valence-corrected chi connectivity index (χ2v) is 11.4. The van der Waals surface area contributed by atoms with Crippen LogP contribution in [0.2, 0.25) is 5.02 Å². The van der Waals surface area contributed by atoms with Gasteiger partial charge in [-0.2, -0.15) is 0 Å². The molecule has 1 atom stereocenters. The van der Waals surface area contributed by atoms with E-state index in [-0.39, 0.29) is 17.6 Å². The molecule has 36 heavy (non-hydrogen) atoms. The number of amides is 2. The maximum atomic E-state index is 13.7. The van der Waals surface area contributed by atoms with Crippen LogP contribution in [0.5, 0.6) is 0 Å². The van der Waals surface area contributed by atoms with E-state index >= 15 is 0 Å². The van der Waals surface area contributed by atoms with Gasteiger partial charge in [-0.3, -0.25) is 9.59 Å². The molecule has 0 heterocycles. The summed E-state index contributed by atoms with van der Waals surface area (Å²) >= 11 is 7.82. The van der Waals surface area contributed by atoms with E-state index in [1.807, 2.05) is 87.5 Å². The zero-order chi connectivity index (χ0) is 26.1. The summed E-state index contributed by atoms with van der Waals surface area (Å²) in [5.41, 5.74) is 3.89. The van der Waals surface area contributed by atoms with Crippen molar-refractivity contribution in [3.05, 3.63) is 106 Å². The number of carbonyl (C=O) groups excluding carboxylic acids is 2. The molecule has 3 aromatic carbocycles. The Balaban J connectivity index is 1.88. The molecule has 2 amide bonds. The fraction of sp³-hybridized carbons (Fsp3) is 0.333. The van der Waals surface area contributed by atoms with Crippen LogP contribution in [0, 0.1) is 6.92 Å².